The first-order chi connectivity index (χ1) is 8.70. The van der Waals surface area contributed by atoms with Crippen LogP contribution in [0.3, 0.4) is 0 Å². The molecular formula is C13H15N3O2. The Kier molecular flexibility index (Phi) is 2.40. The van der Waals surface area contributed by atoms with Gasteiger partial charge in [-0.25, -0.2) is 0 Å². The van der Waals surface area contributed by atoms with Crippen LogP contribution in [0.5, 0.6) is 11.5 Å². The molecule has 1 aliphatic rings. The molecule has 5 nitrogen and oxygen atoms in total. The van der Waals surface area contributed by atoms with Crippen molar-refractivity contribution in [1.29, 1.82) is 0 Å². The number of anilines is 1. The smallest absolute Gasteiger partial charge is 0.164 e. The highest BCUT2D eigenvalue weighted by atomic mass is 16.5. The molecule has 0 spiro atoms. The molecule has 0 atom stereocenters. The van der Waals surface area contributed by atoms with E-state index in [0.717, 1.165) is 34.6 Å². The minimum absolute atomic E-state index is 0.649. The van der Waals surface area contributed by atoms with Gasteiger partial charge in [0.1, 0.15) is 5.82 Å². The number of nitrogen functional groups attached to an aromatic ring is 1. The topological polar surface area (TPSA) is 62.3 Å². The monoisotopic (exact) mass is 245 g/mol. The highest BCUT2D eigenvalue weighted by Gasteiger charge is 2.20. The number of aryl methyl sites for hydroxylation is 1. The zero-order valence-corrected chi connectivity index (χ0v) is 10.4. The Morgan fingerprint density at radius 3 is 2.94 bits per heavy atom. The molecule has 0 aliphatic carbocycles. The summed E-state index contributed by atoms with van der Waals surface area (Å²) in [6.07, 6.45) is 2.67. The molecule has 18 heavy (non-hydrogen) atoms. The van der Waals surface area contributed by atoms with E-state index in [-0.39, 0.29) is 0 Å². The molecule has 1 aromatic carbocycles. The summed E-state index contributed by atoms with van der Waals surface area (Å²) in [5.41, 5.74) is 9.10. The summed E-state index contributed by atoms with van der Waals surface area (Å²) >= 11 is 0. The van der Waals surface area contributed by atoms with Crippen molar-refractivity contribution in [2.24, 2.45) is 7.05 Å². The van der Waals surface area contributed by atoms with Crippen LogP contribution in [0, 0.1) is 0 Å². The number of nitrogens with zero attached hydrogens (tertiary/aromatic N) is 2. The van der Waals surface area contributed by atoms with Gasteiger partial charge in [0, 0.05) is 24.6 Å². The van der Waals surface area contributed by atoms with Gasteiger partial charge in [0.25, 0.3) is 0 Å². The molecular weight excluding hydrogens is 230 g/mol. The van der Waals surface area contributed by atoms with Crippen molar-refractivity contribution >= 4 is 5.82 Å². The average molecular weight is 245 g/mol. The molecule has 0 bridgehead atoms. The Bertz CT molecular complexity index is 605. The number of hydrogen-bond acceptors (Lipinski definition) is 4. The molecule has 1 aliphatic heterocycles. The van der Waals surface area contributed by atoms with Gasteiger partial charge in [0.05, 0.1) is 19.9 Å². The minimum atomic E-state index is 0.649. The lowest BCUT2D eigenvalue weighted by molar-refractivity contribution is 0.326. The van der Waals surface area contributed by atoms with Crippen LogP contribution < -0.4 is 15.2 Å². The van der Waals surface area contributed by atoms with Crippen molar-refractivity contribution in [3.8, 4) is 22.6 Å². The van der Waals surface area contributed by atoms with E-state index in [1.54, 1.807) is 18.0 Å². The third-order valence-corrected chi connectivity index (χ3v) is 3.27. The fourth-order valence-electron chi connectivity index (χ4n) is 2.25. The largest absolute Gasteiger partial charge is 0.493 e. The van der Waals surface area contributed by atoms with Gasteiger partial charge in [0.2, 0.25) is 0 Å². The van der Waals surface area contributed by atoms with Crippen molar-refractivity contribution in [3.63, 3.8) is 0 Å². The SMILES string of the molecule is COc1cc(-c2cnn(C)c2N)cc2c1OCC2. The highest BCUT2D eigenvalue weighted by molar-refractivity contribution is 5.76. The van der Waals surface area contributed by atoms with Gasteiger partial charge in [-0.1, -0.05) is 0 Å². The molecule has 0 saturated heterocycles. The second-order valence-electron chi connectivity index (χ2n) is 4.33. The third kappa shape index (κ3) is 1.51. The first kappa shape index (κ1) is 11.0. The lowest BCUT2D eigenvalue weighted by Gasteiger charge is -2.09. The maximum atomic E-state index is 6.00. The third-order valence-electron chi connectivity index (χ3n) is 3.27. The Morgan fingerprint density at radius 2 is 2.28 bits per heavy atom. The van der Waals surface area contributed by atoms with Crippen LogP contribution in [0.15, 0.2) is 18.3 Å². The zero-order chi connectivity index (χ0) is 12.7. The number of nitrogens with two attached hydrogens (primary N) is 1. The summed E-state index contributed by atoms with van der Waals surface area (Å²) < 4.78 is 12.6. The molecule has 94 valence electrons. The molecule has 3 rings (SSSR count). The molecule has 2 N–H and O–H groups in total. The van der Waals surface area contributed by atoms with Crippen LogP contribution in [0.1, 0.15) is 5.56 Å². The molecule has 2 heterocycles. The summed E-state index contributed by atoms with van der Waals surface area (Å²) in [6, 6.07) is 4.04. The Balaban J connectivity index is 2.16. The fraction of sp³-hybridized carbons (Fsp3) is 0.308. The first-order valence-corrected chi connectivity index (χ1v) is 5.82. The van der Waals surface area contributed by atoms with E-state index in [0.29, 0.717) is 12.4 Å². The quantitative estimate of drug-likeness (QED) is 0.873. The van der Waals surface area contributed by atoms with E-state index in [1.165, 1.54) is 0 Å². The van der Waals surface area contributed by atoms with Crippen molar-refractivity contribution in [2.45, 2.75) is 6.42 Å². The van der Waals surface area contributed by atoms with Crippen LogP contribution in [-0.2, 0) is 13.5 Å². The van der Waals surface area contributed by atoms with E-state index < -0.39 is 0 Å². The van der Waals surface area contributed by atoms with Crippen molar-refractivity contribution in [3.05, 3.63) is 23.9 Å². The summed E-state index contributed by atoms with van der Waals surface area (Å²) in [4.78, 5) is 0. The van der Waals surface area contributed by atoms with Gasteiger partial charge in [-0.3, -0.25) is 4.68 Å². The second-order valence-corrected chi connectivity index (χ2v) is 4.33. The average Bonchev–Trinajstić information content (AvgIpc) is 2.96. The summed E-state index contributed by atoms with van der Waals surface area (Å²) in [5, 5.41) is 4.16. The van der Waals surface area contributed by atoms with E-state index in [4.69, 9.17) is 15.2 Å². The Morgan fingerprint density at radius 1 is 1.44 bits per heavy atom. The molecule has 0 fully saturated rings. The van der Waals surface area contributed by atoms with Crippen LogP contribution in [0.25, 0.3) is 11.1 Å². The Hall–Kier alpha value is -2.17. The molecule has 0 amide bonds. The summed E-state index contributed by atoms with van der Waals surface area (Å²) in [6.45, 7) is 0.706. The van der Waals surface area contributed by atoms with E-state index >= 15 is 0 Å². The van der Waals surface area contributed by atoms with Gasteiger partial charge in [-0.05, 0) is 17.7 Å². The van der Waals surface area contributed by atoms with Gasteiger partial charge >= 0.3 is 0 Å². The normalized spacial score (nSPS) is 13.2. The van der Waals surface area contributed by atoms with E-state index in [2.05, 4.69) is 11.2 Å². The molecule has 0 unspecified atom stereocenters. The lowest BCUT2D eigenvalue weighted by atomic mass is 10.0. The number of fused-ring (bicyclic) bond motifs is 1. The van der Waals surface area contributed by atoms with Crippen LogP contribution in [0.2, 0.25) is 0 Å². The number of ether oxygens (including phenoxy) is 2. The highest BCUT2D eigenvalue weighted by Crippen LogP contribution is 2.40. The summed E-state index contributed by atoms with van der Waals surface area (Å²) in [5.74, 6) is 2.25. The maximum Gasteiger partial charge on any atom is 0.164 e. The number of methoxy groups -OCH3 is 1. The predicted molar refractivity (Wildman–Crippen MR) is 68.8 cm³/mol. The molecule has 5 heteroatoms. The fourth-order valence-corrected chi connectivity index (χ4v) is 2.25. The molecule has 0 saturated carbocycles. The van der Waals surface area contributed by atoms with Crippen LogP contribution in [0.4, 0.5) is 5.82 Å². The van der Waals surface area contributed by atoms with Gasteiger partial charge < -0.3 is 15.2 Å². The first-order valence-electron chi connectivity index (χ1n) is 5.82. The standard InChI is InChI=1S/C13H15N3O2/c1-16-13(14)10(7-15-16)9-5-8-3-4-18-12(8)11(6-9)17-2/h5-7H,3-4,14H2,1-2H3. The molecule has 2 aromatic rings. The van der Waals surface area contributed by atoms with Crippen molar-refractivity contribution < 1.29 is 9.47 Å². The minimum Gasteiger partial charge on any atom is -0.493 e. The molecule has 1 aromatic heterocycles. The van der Waals surface area contributed by atoms with Crippen molar-refractivity contribution in [2.75, 3.05) is 19.5 Å². The number of hydrogen-bond donors (Lipinski definition) is 1. The number of rotatable bonds is 2. The molecule has 0 radical (unpaired) electrons. The van der Waals surface area contributed by atoms with E-state index in [9.17, 15) is 0 Å². The van der Waals surface area contributed by atoms with Gasteiger partial charge in [-0.2, -0.15) is 5.10 Å². The number of aromatic nitrogens is 2. The zero-order valence-electron chi connectivity index (χ0n) is 10.4. The van der Waals surface area contributed by atoms with Gasteiger partial charge in [0.15, 0.2) is 11.5 Å². The second kappa shape index (κ2) is 3.94. The maximum absolute atomic E-state index is 6.00. The van der Waals surface area contributed by atoms with Crippen LogP contribution >= 0.6 is 0 Å². The lowest BCUT2D eigenvalue weighted by Crippen LogP contribution is -1.98. The summed E-state index contributed by atoms with van der Waals surface area (Å²) in [7, 11) is 3.47. The van der Waals surface area contributed by atoms with E-state index in [1.807, 2.05) is 13.1 Å². The number of benzene rings is 1. The van der Waals surface area contributed by atoms with Gasteiger partial charge in [-0.15, -0.1) is 0 Å². The van der Waals surface area contributed by atoms with Crippen LogP contribution in [-0.4, -0.2) is 23.5 Å². The Labute approximate surface area is 105 Å². The predicted octanol–water partition coefficient (Wildman–Crippen LogP) is 1.61. The van der Waals surface area contributed by atoms with Crippen molar-refractivity contribution in [1.82, 2.24) is 9.78 Å².